The number of amides is 1. The fraction of sp³-hybridized carbons (Fsp3) is 0.562. The number of carbonyl (C=O) groups is 1. The van der Waals surface area contributed by atoms with Gasteiger partial charge in [0.05, 0.1) is 16.7 Å². The highest BCUT2D eigenvalue weighted by Gasteiger charge is 2.28. The molecule has 1 heterocycles. The third kappa shape index (κ3) is 6.00. The quantitative estimate of drug-likeness (QED) is 0.650. The van der Waals surface area contributed by atoms with E-state index in [0.717, 1.165) is 9.32 Å². The first-order valence-corrected chi connectivity index (χ1v) is 8.87. The number of rotatable bonds is 3. The van der Waals surface area contributed by atoms with E-state index >= 15 is 0 Å². The Labute approximate surface area is 155 Å². The van der Waals surface area contributed by atoms with Crippen LogP contribution in [0.15, 0.2) is 18.2 Å². The van der Waals surface area contributed by atoms with Crippen LogP contribution in [0.2, 0.25) is 5.02 Å². The molecule has 5 nitrogen and oxygen atoms in total. The van der Waals surface area contributed by atoms with Gasteiger partial charge < -0.3 is 19.1 Å². The Kier molecular flexibility index (Phi) is 6.39. The molecule has 1 aliphatic heterocycles. The van der Waals surface area contributed by atoms with Gasteiger partial charge in [-0.15, -0.1) is 0 Å². The van der Waals surface area contributed by atoms with Crippen LogP contribution < -0.4 is 4.74 Å². The van der Waals surface area contributed by atoms with Gasteiger partial charge >= 0.3 is 6.09 Å². The van der Waals surface area contributed by atoms with Crippen LogP contribution in [-0.2, 0) is 9.47 Å². The van der Waals surface area contributed by atoms with E-state index in [2.05, 4.69) is 22.6 Å². The normalized spacial score (nSPS) is 18.7. The van der Waals surface area contributed by atoms with E-state index in [9.17, 15) is 4.79 Å². The van der Waals surface area contributed by atoms with Gasteiger partial charge in [0.1, 0.15) is 24.1 Å². The molecule has 1 saturated heterocycles. The van der Waals surface area contributed by atoms with Crippen LogP contribution in [0.5, 0.6) is 5.75 Å². The summed E-state index contributed by atoms with van der Waals surface area (Å²) in [6, 6.07) is 5.46. The maximum Gasteiger partial charge on any atom is 0.410 e. The molecule has 0 saturated carbocycles. The van der Waals surface area contributed by atoms with Crippen molar-refractivity contribution in [1.29, 1.82) is 0 Å². The van der Waals surface area contributed by atoms with Crippen molar-refractivity contribution in [3.63, 3.8) is 0 Å². The number of carbonyl (C=O) groups excluding carboxylic acids is 1. The van der Waals surface area contributed by atoms with Gasteiger partial charge in [-0.3, -0.25) is 0 Å². The first kappa shape index (κ1) is 18.6. The molecule has 1 amide bonds. The minimum absolute atomic E-state index is 0.178. The summed E-state index contributed by atoms with van der Waals surface area (Å²) in [5.41, 5.74) is -0.499. The summed E-state index contributed by atoms with van der Waals surface area (Å²) < 4.78 is 17.8. The summed E-state index contributed by atoms with van der Waals surface area (Å²) in [5.74, 6) is 0.757. The highest BCUT2D eigenvalue weighted by Crippen LogP contribution is 2.25. The Hall–Kier alpha value is -0.730. The Balaban J connectivity index is 1.87. The van der Waals surface area contributed by atoms with Gasteiger partial charge in [-0.1, -0.05) is 11.6 Å². The number of morpholine rings is 1. The molecule has 2 rings (SSSR count). The SMILES string of the molecule is CC(C)(C)OC(=O)N1CCO[C@H](COc2ccc(Cl)cc2I)C1. The number of benzene rings is 1. The standard InChI is InChI=1S/C16H21ClINO4/c1-16(2,3)23-15(20)19-6-7-21-12(9-19)10-22-14-5-4-11(17)8-13(14)18/h4-5,8,12H,6-7,9-10H2,1-3H3/t12-/m0/s1. The average molecular weight is 454 g/mol. The summed E-state index contributed by atoms with van der Waals surface area (Å²) >= 11 is 8.10. The van der Waals surface area contributed by atoms with Crippen molar-refractivity contribution in [1.82, 2.24) is 4.90 Å². The smallest absolute Gasteiger partial charge is 0.410 e. The molecule has 1 aromatic carbocycles. The molecular formula is C16H21ClINO4. The monoisotopic (exact) mass is 453 g/mol. The maximum atomic E-state index is 12.1. The van der Waals surface area contributed by atoms with E-state index in [0.29, 0.717) is 31.3 Å². The fourth-order valence-electron chi connectivity index (χ4n) is 2.09. The van der Waals surface area contributed by atoms with Crippen molar-refractivity contribution in [2.75, 3.05) is 26.3 Å². The molecule has 0 spiro atoms. The zero-order valence-electron chi connectivity index (χ0n) is 13.5. The van der Waals surface area contributed by atoms with Crippen LogP contribution in [0, 0.1) is 3.57 Å². The lowest BCUT2D eigenvalue weighted by molar-refractivity contribution is -0.0557. The molecule has 0 unspecified atom stereocenters. The Morgan fingerprint density at radius 2 is 2.22 bits per heavy atom. The third-order valence-electron chi connectivity index (χ3n) is 3.11. The van der Waals surface area contributed by atoms with Gasteiger partial charge in [-0.2, -0.15) is 0 Å². The highest BCUT2D eigenvalue weighted by atomic mass is 127. The highest BCUT2D eigenvalue weighted by molar-refractivity contribution is 14.1. The Morgan fingerprint density at radius 3 is 2.87 bits per heavy atom. The molecular weight excluding hydrogens is 433 g/mol. The van der Waals surface area contributed by atoms with Crippen molar-refractivity contribution in [3.8, 4) is 5.75 Å². The van der Waals surface area contributed by atoms with Crippen molar-refractivity contribution in [3.05, 3.63) is 26.8 Å². The van der Waals surface area contributed by atoms with Crippen molar-refractivity contribution < 1.29 is 19.0 Å². The van der Waals surface area contributed by atoms with Gasteiger partial charge in [0.25, 0.3) is 0 Å². The van der Waals surface area contributed by atoms with Gasteiger partial charge in [-0.25, -0.2) is 4.79 Å². The van der Waals surface area contributed by atoms with Crippen LogP contribution in [0.25, 0.3) is 0 Å². The van der Waals surface area contributed by atoms with Crippen LogP contribution >= 0.6 is 34.2 Å². The van der Waals surface area contributed by atoms with E-state index in [1.54, 1.807) is 11.0 Å². The number of ether oxygens (including phenoxy) is 3. The Bertz CT molecular complexity index is 562. The van der Waals surface area contributed by atoms with Crippen molar-refractivity contribution in [2.24, 2.45) is 0 Å². The molecule has 1 aliphatic rings. The molecule has 128 valence electrons. The first-order chi connectivity index (χ1) is 10.7. The predicted molar refractivity (Wildman–Crippen MR) is 97.2 cm³/mol. The van der Waals surface area contributed by atoms with E-state index in [1.807, 2.05) is 32.9 Å². The summed E-state index contributed by atoms with van der Waals surface area (Å²) in [7, 11) is 0. The van der Waals surface area contributed by atoms with Crippen LogP contribution in [-0.4, -0.2) is 49.0 Å². The van der Waals surface area contributed by atoms with E-state index < -0.39 is 5.60 Å². The number of halogens is 2. The summed E-state index contributed by atoms with van der Waals surface area (Å²) in [6.07, 6.45) is -0.491. The molecule has 0 N–H and O–H groups in total. The summed E-state index contributed by atoms with van der Waals surface area (Å²) in [4.78, 5) is 13.8. The molecule has 7 heteroatoms. The minimum Gasteiger partial charge on any atom is -0.490 e. The van der Waals surface area contributed by atoms with Gasteiger partial charge in [0, 0.05) is 11.6 Å². The topological polar surface area (TPSA) is 48.0 Å². The minimum atomic E-state index is -0.499. The fourth-order valence-corrected chi connectivity index (χ4v) is 3.11. The molecule has 1 atom stereocenters. The average Bonchev–Trinajstić information content (AvgIpc) is 2.45. The molecule has 0 bridgehead atoms. The Morgan fingerprint density at radius 1 is 1.48 bits per heavy atom. The van der Waals surface area contributed by atoms with E-state index in [1.165, 1.54) is 0 Å². The largest absolute Gasteiger partial charge is 0.490 e. The zero-order chi connectivity index (χ0) is 17.0. The van der Waals surface area contributed by atoms with Crippen LogP contribution in [0.1, 0.15) is 20.8 Å². The lowest BCUT2D eigenvalue weighted by atomic mass is 10.2. The predicted octanol–water partition coefficient (Wildman–Crippen LogP) is 3.96. The molecule has 1 fully saturated rings. The second kappa shape index (κ2) is 7.90. The third-order valence-corrected chi connectivity index (χ3v) is 4.19. The summed E-state index contributed by atoms with van der Waals surface area (Å²) in [5, 5.41) is 0.673. The van der Waals surface area contributed by atoms with Crippen molar-refractivity contribution in [2.45, 2.75) is 32.5 Å². The van der Waals surface area contributed by atoms with Crippen LogP contribution in [0.4, 0.5) is 4.79 Å². The van der Waals surface area contributed by atoms with Gasteiger partial charge in [-0.05, 0) is 61.6 Å². The first-order valence-electron chi connectivity index (χ1n) is 7.42. The maximum absolute atomic E-state index is 12.1. The van der Waals surface area contributed by atoms with Crippen molar-refractivity contribution >= 4 is 40.3 Å². The lowest BCUT2D eigenvalue weighted by Gasteiger charge is -2.34. The molecule has 0 aliphatic carbocycles. The van der Waals surface area contributed by atoms with E-state index in [4.69, 9.17) is 25.8 Å². The molecule has 0 aromatic heterocycles. The number of hydrogen-bond acceptors (Lipinski definition) is 4. The second-order valence-corrected chi connectivity index (χ2v) is 7.90. The molecule has 0 radical (unpaired) electrons. The molecule has 1 aromatic rings. The van der Waals surface area contributed by atoms with Gasteiger partial charge in [0.15, 0.2) is 0 Å². The van der Waals surface area contributed by atoms with Crippen LogP contribution in [0.3, 0.4) is 0 Å². The summed E-state index contributed by atoms with van der Waals surface area (Å²) in [6.45, 7) is 7.40. The second-order valence-electron chi connectivity index (χ2n) is 6.30. The lowest BCUT2D eigenvalue weighted by Crippen LogP contribution is -2.49. The van der Waals surface area contributed by atoms with Gasteiger partial charge in [0.2, 0.25) is 0 Å². The zero-order valence-corrected chi connectivity index (χ0v) is 16.4. The van der Waals surface area contributed by atoms with E-state index in [-0.39, 0.29) is 12.2 Å². The number of hydrogen-bond donors (Lipinski definition) is 0. The number of nitrogens with zero attached hydrogens (tertiary/aromatic N) is 1. The molecule has 23 heavy (non-hydrogen) atoms.